The predicted octanol–water partition coefficient (Wildman–Crippen LogP) is 3.44. The number of hydrogen-bond donors (Lipinski definition) is 0. The first-order chi connectivity index (χ1) is 8.52. The van der Waals surface area contributed by atoms with E-state index >= 15 is 0 Å². The second kappa shape index (κ2) is 5.13. The first-order valence-corrected chi connectivity index (χ1v) is 6.89. The van der Waals surface area contributed by atoms with E-state index in [2.05, 4.69) is 52.0 Å². The Labute approximate surface area is 110 Å². The number of carbonyl (C=O) groups excluding carboxylic acids is 1. The molecule has 2 atom stereocenters. The molecule has 2 nitrogen and oxygen atoms in total. The Bertz CT molecular complexity index is 402. The van der Waals surface area contributed by atoms with Gasteiger partial charge >= 0.3 is 0 Å². The molecule has 0 bridgehead atoms. The Balaban J connectivity index is 2.05. The third-order valence-corrected chi connectivity index (χ3v) is 3.70. The van der Waals surface area contributed by atoms with Crippen LogP contribution in [0.25, 0.3) is 0 Å². The normalized spacial score (nSPS) is 22.3. The maximum absolute atomic E-state index is 12.5. The summed E-state index contributed by atoms with van der Waals surface area (Å²) >= 11 is 0. The van der Waals surface area contributed by atoms with Gasteiger partial charge in [-0.15, -0.1) is 0 Å². The van der Waals surface area contributed by atoms with Gasteiger partial charge < -0.3 is 4.90 Å². The topological polar surface area (TPSA) is 20.3 Å². The van der Waals surface area contributed by atoms with E-state index in [1.165, 1.54) is 5.56 Å². The van der Waals surface area contributed by atoms with E-state index in [1.54, 1.807) is 0 Å². The molecule has 0 aromatic heterocycles. The fourth-order valence-electron chi connectivity index (χ4n) is 2.83. The van der Waals surface area contributed by atoms with Gasteiger partial charge in [0.2, 0.25) is 5.91 Å². The van der Waals surface area contributed by atoms with Gasteiger partial charge in [-0.25, -0.2) is 0 Å². The van der Waals surface area contributed by atoms with E-state index in [0.717, 1.165) is 6.42 Å². The quantitative estimate of drug-likeness (QED) is 0.795. The molecule has 1 aliphatic rings. The lowest BCUT2D eigenvalue weighted by atomic mass is 10.1. The molecule has 0 radical (unpaired) electrons. The second-order valence-electron chi connectivity index (χ2n) is 5.79. The second-order valence-corrected chi connectivity index (χ2v) is 5.79. The highest BCUT2D eigenvalue weighted by molar-refractivity contribution is 5.83. The number of nitrogens with zero attached hydrogens (tertiary/aromatic N) is 1. The first-order valence-electron chi connectivity index (χ1n) is 6.89. The molecule has 1 aliphatic carbocycles. The maximum Gasteiger partial charge on any atom is 0.226 e. The van der Waals surface area contributed by atoms with Crippen molar-refractivity contribution < 1.29 is 4.79 Å². The van der Waals surface area contributed by atoms with Gasteiger partial charge in [0.1, 0.15) is 0 Å². The van der Waals surface area contributed by atoms with Crippen LogP contribution in [0, 0.1) is 5.92 Å². The summed E-state index contributed by atoms with van der Waals surface area (Å²) in [6, 6.07) is 11.0. The number of rotatable bonds is 4. The van der Waals surface area contributed by atoms with Gasteiger partial charge in [0, 0.05) is 18.0 Å². The molecule has 0 spiro atoms. The highest BCUT2D eigenvalue weighted by Gasteiger charge is 2.46. The number of benzene rings is 1. The Morgan fingerprint density at radius 2 is 1.67 bits per heavy atom. The molecule has 0 saturated heterocycles. The lowest BCUT2D eigenvalue weighted by Gasteiger charge is -2.31. The molecule has 2 heteroatoms. The Kier molecular flexibility index (Phi) is 3.74. The summed E-state index contributed by atoms with van der Waals surface area (Å²) in [5.41, 5.74) is 1.31. The molecule has 1 aromatic rings. The van der Waals surface area contributed by atoms with Crippen LogP contribution in [0.3, 0.4) is 0 Å². The number of amides is 1. The molecule has 98 valence electrons. The van der Waals surface area contributed by atoms with Gasteiger partial charge in [0.05, 0.1) is 0 Å². The summed E-state index contributed by atoms with van der Waals surface area (Å²) in [6.45, 7) is 8.38. The molecule has 1 fully saturated rings. The minimum absolute atomic E-state index is 0.206. The van der Waals surface area contributed by atoms with Crippen molar-refractivity contribution in [1.29, 1.82) is 0 Å². The Morgan fingerprint density at radius 3 is 2.17 bits per heavy atom. The van der Waals surface area contributed by atoms with Crippen molar-refractivity contribution in [2.45, 2.75) is 52.1 Å². The summed E-state index contributed by atoms with van der Waals surface area (Å²) in [4.78, 5) is 14.5. The van der Waals surface area contributed by atoms with E-state index in [4.69, 9.17) is 0 Å². The first kappa shape index (κ1) is 13.1. The van der Waals surface area contributed by atoms with Gasteiger partial charge in [-0.3, -0.25) is 4.79 Å². The van der Waals surface area contributed by atoms with Crippen molar-refractivity contribution in [3.05, 3.63) is 35.9 Å². The minimum Gasteiger partial charge on any atom is -0.338 e. The van der Waals surface area contributed by atoms with Crippen LogP contribution >= 0.6 is 0 Å². The van der Waals surface area contributed by atoms with Crippen LogP contribution in [0.2, 0.25) is 0 Å². The Morgan fingerprint density at radius 1 is 1.11 bits per heavy atom. The lowest BCUT2D eigenvalue weighted by molar-refractivity contribution is -0.136. The van der Waals surface area contributed by atoms with Crippen molar-refractivity contribution in [3.63, 3.8) is 0 Å². The fourth-order valence-corrected chi connectivity index (χ4v) is 2.83. The van der Waals surface area contributed by atoms with Crippen molar-refractivity contribution in [2.75, 3.05) is 0 Å². The third-order valence-electron chi connectivity index (χ3n) is 3.70. The predicted molar refractivity (Wildman–Crippen MR) is 74.4 cm³/mol. The third kappa shape index (κ3) is 2.58. The standard InChI is InChI=1S/C16H23NO/c1-11(2)17(12(3)4)16(18)15-10-14(15)13-8-6-5-7-9-13/h5-9,11-12,14-15H,10H2,1-4H3/t14-,15+/m0/s1. The zero-order valence-electron chi connectivity index (χ0n) is 11.8. The lowest BCUT2D eigenvalue weighted by Crippen LogP contribution is -2.43. The SMILES string of the molecule is CC(C)N(C(=O)[C@@H]1C[C@H]1c1ccccc1)C(C)C. The summed E-state index contributed by atoms with van der Waals surface area (Å²) in [5.74, 6) is 0.977. The van der Waals surface area contributed by atoms with Gasteiger partial charge in [-0.2, -0.15) is 0 Å². The number of hydrogen-bond acceptors (Lipinski definition) is 1. The molecule has 0 heterocycles. The van der Waals surface area contributed by atoms with E-state index in [1.807, 2.05) is 11.0 Å². The molecule has 18 heavy (non-hydrogen) atoms. The van der Waals surface area contributed by atoms with Crippen LogP contribution in [0.5, 0.6) is 0 Å². The number of carbonyl (C=O) groups is 1. The average molecular weight is 245 g/mol. The molecular formula is C16H23NO. The van der Waals surface area contributed by atoms with Crippen LogP contribution < -0.4 is 0 Å². The van der Waals surface area contributed by atoms with Crippen molar-refractivity contribution >= 4 is 5.91 Å². The van der Waals surface area contributed by atoms with E-state index in [-0.39, 0.29) is 18.0 Å². The van der Waals surface area contributed by atoms with Gasteiger partial charge in [-0.05, 0) is 45.6 Å². The molecule has 0 unspecified atom stereocenters. The molecular weight excluding hydrogens is 222 g/mol. The highest BCUT2D eigenvalue weighted by Crippen LogP contribution is 2.48. The minimum atomic E-state index is 0.206. The largest absolute Gasteiger partial charge is 0.338 e. The van der Waals surface area contributed by atoms with Gasteiger partial charge in [0.15, 0.2) is 0 Å². The van der Waals surface area contributed by atoms with Crippen molar-refractivity contribution in [1.82, 2.24) is 4.90 Å². The molecule has 1 amide bonds. The summed E-state index contributed by atoms with van der Waals surface area (Å²) in [7, 11) is 0. The molecule has 1 saturated carbocycles. The van der Waals surface area contributed by atoms with Crippen LogP contribution in [-0.2, 0) is 4.79 Å². The summed E-state index contributed by atoms with van der Waals surface area (Å²) in [5, 5.41) is 0. The van der Waals surface area contributed by atoms with E-state index < -0.39 is 0 Å². The van der Waals surface area contributed by atoms with Crippen molar-refractivity contribution in [3.8, 4) is 0 Å². The average Bonchev–Trinajstić information content (AvgIpc) is 3.09. The molecule has 2 rings (SSSR count). The maximum atomic E-state index is 12.5. The zero-order valence-corrected chi connectivity index (χ0v) is 11.8. The molecule has 0 N–H and O–H groups in total. The smallest absolute Gasteiger partial charge is 0.226 e. The van der Waals surface area contributed by atoms with Gasteiger partial charge in [-0.1, -0.05) is 30.3 Å². The van der Waals surface area contributed by atoms with Crippen LogP contribution in [0.15, 0.2) is 30.3 Å². The molecule has 0 aliphatic heterocycles. The summed E-state index contributed by atoms with van der Waals surface area (Å²) < 4.78 is 0. The van der Waals surface area contributed by atoms with Crippen LogP contribution in [0.1, 0.15) is 45.6 Å². The molecule has 1 aromatic carbocycles. The fraction of sp³-hybridized carbons (Fsp3) is 0.562. The monoisotopic (exact) mass is 245 g/mol. The Hall–Kier alpha value is -1.31. The van der Waals surface area contributed by atoms with E-state index in [0.29, 0.717) is 11.8 Å². The van der Waals surface area contributed by atoms with E-state index in [9.17, 15) is 4.79 Å². The zero-order chi connectivity index (χ0) is 13.3. The summed E-state index contributed by atoms with van der Waals surface area (Å²) in [6.07, 6.45) is 1.01. The van der Waals surface area contributed by atoms with Crippen molar-refractivity contribution in [2.24, 2.45) is 5.92 Å². The van der Waals surface area contributed by atoms with Crippen LogP contribution in [0.4, 0.5) is 0 Å². The highest BCUT2D eigenvalue weighted by atomic mass is 16.2. The van der Waals surface area contributed by atoms with Crippen LogP contribution in [-0.4, -0.2) is 22.9 Å². The van der Waals surface area contributed by atoms with Gasteiger partial charge in [0.25, 0.3) is 0 Å².